The highest BCUT2D eigenvalue weighted by Crippen LogP contribution is 2.29. The summed E-state index contributed by atoms with van der Waals surface area (Å²) in [6, 6.07) is 9.69. The van der Waals surface area contributed by atoms with Crippen LogP contribution in [0.3, 0.4) is 0 Å². The number of carbonyl (C=O) groups is 1. The quantitative estimate of drug-likeness (QED) is 0.503. The minimum absolute atomic E-state index is 0.297. The molecule has 0 amide bonds. The minimum atomic E-state index is -4.41. The maximum Gasteiger partial charge on any atom is 0.416 e. The number of carboxylic acid groups (broad SMARTS) is 1. The van der Waals surface area contributed by atoms with Crippen molar-refractivity contribution in [2.75, 3.05) is 6.61 Å². The Morgan fingerprint density at radius 1 is 1.13 bits per heavy atom. The van der Waals surface area contributed by atoms with Gasteiger partial charge >= 0.3 is 12.1 Å². The maximum absolute atomic E-state index is 12.8. The van der Waals surface area contributed by atoms with Crippen molar-refractivity contribution in [2.24, 2.45) is 0 Å². The van der Waals surface area contributed by atoms with Gasteiger partial charge in [0.1, 0.15) is 11.4 Å². The second-order valence-corrected chi connectivity index (χ2v) is 6.77. The molecule has 31 heavy (non-hydrogen) atoms. The Morgan fingerprint density at radius 2 is 1.87 bits per heavy atom. The zero-order valence-electron chi connectivity index (χ0n) is 16.2. The number of rotatable bonds is 6. The number of halogens is 3. The molecule has 0 bridgehead atoms. The first-order valence-electron chi connectivity index (χ1n) is 9.11. The summed E-state index contributed by atoms with van der Waals surface area (Å²) in [5, 5.41) is 22.5. The van der Waals surface area contributed by atoms with Crippen LogP contribution in [0.15, 0.2) is 48.7 Å². The minimum Gasteiger partial charge on any atom is -0.482 e. The van der Waals surface area contributed by atoms with Crippen LogP contribution >= 0.6 is 0 Å². The van der Waals surface area contributed by atoms with Crippen molar-refractivity contribution in [1.29, 1.82) is 0 Å². The van der Waals surface area contributed by atoms with Crippen LogP contribution in [0.5, 0.6) is 5.75 Å². The van der Waals surface area contributed by atoms with Gasteiger partial charge in [-0.25, -0.2) is 4.79 Å². The van der Waals surface area contributed by atoms with Gasteiger partial charge in [0, 0.05) is 5.39 Å². The SMILES string of the molecule is Cc1nn(-c2ccc(C(F)(F)F)cc2)nc1Cn1ncc2cc(OCC(=O)O)ccc21. The Labute approximate surface area is 173 Å². The van der Waals surface area contributed by atoms with E-state index in [1.165, 1.54) is 16.9 Å². The maximum atomic E-state index is 12.8. The third kappa shape index (κ3) is 4.34. The molecular formula is C20H16F3N5O3. The topological polar surface area (TPSA) is 95.1 Å². The van der Waals surface area contributed by atoms with Crippen molar-refractivity contribution in [3.8, 4) is 11.4 Å². The van der Waals surface area contributed by atoms with Crippen LogP contribution in [0.25, 0.3) is 16.6 Å². The summed E-state index contributed by atoms with van der Waals surface area (Å²) in [6.45, 7) is 1.61. The molecule has 0 spiro atoms. The van der Waals surface area contributed by atoms with Crippen LogP contribution in [0.2, 0.25) is 0 Å². The van der Waals surface area contributed by atoms with Gasteiger partial charge in [0.2, 0.25) is 0 Å². The fourth-order valence-corrected chi connectivity index (χ4v) is 3.02. The van der Waals surface area contributed by atoms with Crippen molar-refractivity contribution >= 4 is 16.9 Å². The van der Waals surface area contributed by atoms with E-state index in [2.05, 4.69) is 15.3 Å². The van der Waals surface area contributed by atoms with Gasteiger partial charge in [-0.3, -0.25) is 4.68 Å². The summed E-state index contributed by atoms with van der Waals surface area (Å²) in [6.07, 6.45) is -2.78. The Kier molecular flexibility index (Phi) is 5.09. The molecule has 0 aliphatic rings. The zero-order valence-corrected chi connectivity index (χ0v) is 16.2. The van der Waals surface area contributed by atoms with Gasteiger partial charge in [0.05, 0.1) is 35.2 Å². The number of benzene rings is 2. The predicted octanol–water partition coefficient (Wildman–Crippen LogP) is 3.46. The molecule has 4 aromatic rings. The lowest BCUT2D eigenvalue weighted by molar-refractivity contribution is -0.139. The molecule has 0 radical (unpaired) electrons. The van der Waals surface area contributed by atoms with Gasteiger partial charge in [0.15, 0.2) is 6.61 Å². The molecule has 160 valence electrons. The summed E-state index contributed by atoms with van der Waals surface area (Å²) in [7, 11) is 0. The normalized spacial score (nSPS) is 11.7. The van der Waals surface area contributed by atoms with Gasteiger partial charge in [-0.15, -0.1) is 0 Å². The molecule has 0 aliphatic heterocycles. The molecule has 0 aliphatic carbocycles. The number of hydrogen-bond donors (Lipinski definition) is 1. The van der Waals surface area contributed by atoms with Gasteiger partial charge < -0.3 is 9.84 Å². The van der Waals surface area contributed by atoms with E-state index >= 15 is 0 Å². The van der Waals surface area contributed by atoms with Gasteiger partial charge in [-0.05, 0) is 49.4 Å². The summed E-state index contributed by atoms with van der Waals surface area (Å²) in [4.78, 5) is 11.9. The number of ether oxygens (including phenoxy) is 1. The first kappa shape index (κ1) is 20.4. The molecule has 0 fully saturated rings. The van der Waals surface area contributed by atoms with E-state index in [1.807, 2.05) is 0 Å². The van der Waals surface area contributed by atoms with Crippen molar-refractivity contribution in [3.05, 3.63) is 65.6 Å². The first-order valence-corrected chi connectivity index (χ1v) is 9.11. The van der Waals surface area contributed by atoms with E-state index in [9.17, 15) is 18.0 Å². The Balaban J connectivity index is 1.55. The standard InChI is InChI=1S/C20H16F3N5O3/c1-12-17(26-28(25-12)15-4-2-14(3-5-15)20(21,22)23)10-27-18-7-6-16(31-11-19(29)30)8-13(18)9-24-27/h2-9H,10-11H2,1H3,(H,29,30). The molecule has 1 N–H and O–H groups in total. The Morgan fingerprint density at radius 3 is 2.55 bits per heavy atom. The summed E-state index contributed by atoms with van der Waals surface area (Å²) in [5.41, 5.74) is 1.68. The first-order chi connectivity index (χ1) is 14.7. The van der Waals surface area contributed by atoms with E-state index in [4.69, 9.17) is 9.84 Å². The third-order valence-electron chi connectivity index (χ3n) is 4.58. The number of hydrogen-bond acceptors (Lipinski definition) is 5. The average molecular weight is 431 g/mol. The largest absolute Gasteiger partial charge is 0.482 e. The number of aryl methyl sites for hydroxylation is 1. The molecule has 11 heteroatoms. The molecule has 8 nitrogen and oxygen atoms in total. The molecule has 0 unspecified atom stereocenters. The van der Waals surface area contributed by atoms with E-state index in [0.29, 0.717) is 29.4 Å². The highest BCUT2D eigenvalue weighted by molar-refractivity contribution is 5.80. The molecule has 0 saturated heterocycles. The highest BCUT2D eigenvalue weighted by Gasteiger charge is 2.30. The summed E-state index contributed by atoms with van der Waals surface area (Å²) < 4.78 is 45.1. The number of carboxylic acids is 1. The summed E-state index contributed by atoms with van der Waals surface area (Å²) in [5.74, 6) is -0.652. The molecule has 0 atom stereocenters. The number of fused-ring (bicyclic) bond motifs is 1. The lowest BCUT2D eigenvalue weighted by atomic mass is 10.2. The second-order valence-electron chi connectivity index (χ2n) is 6.77. The monoisotopic (exact) mass is 431 g/mol. The van der Waals surface area contributed by atoms with E-state index in [1.54, 1.807) is 36.0 Å². The smallest absolute Gasteiger partial charge is 0.416 e. The van der Waals surface area contributed by atoms with Crippen LogP contribution in [-0.2, 0) is 17.5 Å². The fraction of sp³-hybridized carbons (Fsp3) is 0.200. The van der Waals surface area contributed by atoms with Crippen molar-refractivity contribution in [2.45, 2.75) is 19.6 Å². The number of aliphatic carboxylic acids is 1. The van der Waals surface area contributed by atoms with Gasteiger partial charge in [-0.1, -0.05) is 0 Å². The lowest BCUT2D eigenvalue weighted by Crippen LogP contribution is -2.09. The summed E-state index contributed by atoms with van der Waals surface area (Å²) >= 11 is 0. The molecule has 2 heterocycles. The predicted molar refractivity (Wildman–Crippen MR) is 103 cm³/mol. The van der Waals surface area contributed by atoms with E-state index < -0.39 is 24.3 Å². The highest BCUT2D eigenvalue weighted by atomic mass is 19.4. The molecule has 0 saturated carbocycles. The Hall–Kier alpha value is -3.89. The van der Waals surface area contributed by atoms with Crippen LogP contribution < -0.4 is 4.74 Å². The van der Waals surface area contributed by atoms with Crippen molar-refractivity contribution in [1.82, 2.24) is 24.8 Å². The van der Waals surface area contributed by atoms with E-state index in [-0.39, 0.29) is 0 Å². The molecule has 2 aromatic carbocycles. The van der Waals surface area contributed by atoms with Gasteiger partial charge in [0.25, 0.3) is 0 Å². The third-order valence-corrected chi connectivity index (χ3v) is 4.58. The van der Waals surface area contributed by atoms with Crippen molar-refractivity contribution < 1.29 is 27.8 Å². The molecule has 4 rings (SSSR count). The Bertz CT molecular complexity index is 1250. The van der Waals surface area contributed by atoms with Crippen molar-refractivity contribution in [3.63, 3.8) is 0 Å². The van der Waals surface area contributed by atoms with Crippen LogP contribution in [-0.4, -0.2) is 42.5 Å². The number of alkyl halides is 3. The fourth-order valence-electron chi connectivity index (χ4n) is 3.02. The molecule has 2 aromatic heterocycles. The van der Waals surface area contributed by atoms with Crippen LogP contribution in [0, 0.1) is 6.92 Å². The average Bonchev–Trinajstić information content (AvgIpc) is 3.29. The number of aromatic nitrogens is 5. The van der Waals surface area contributed by atoms with Crippen LogP contribution in [0.4, 0.5) is 13.2 Å². The lowest BCUT2D eigenvalue weighted by Gasteiger charge is -2.07. The van der Waals surface area contributed by atoms with Gasteiger partial charge in [-0.2, -0.15) is 33.3 Å². The molecular weight excluding hydrogens is 415 g/mol. The zero-order chi connectivity index (χ0) is 22.2. The number of nitrogens with zero attached hydrogens (tertiary/aromatic N) is 5. The second kappa shape index (κ2) is 7.74. The van der Waals surface area contributed by atoms with Crippen LogP contribution in [0.1, 0.15) is 17.0 Å². The van der Waals surface area contributed by atoms with E-state index in [0.717, 1.165) is 23.0 Å².